The highest BCUT2D eigenvalue weighted by Gasteiger charge is 2.07. The normalized spacial score (nSPS) is 11.7. The molecule has 0 bridgehead atoms. The first kappa shape index (κ1) is 7.20. The minimum absolute atomic E-state index is 0.163. The van der Waals surface area contributed by atoms with E-state index in [1.54, 1.807) is 0 Å². The molecule has 6 heteroatoms. The first-order valence-electron chi connectivity index (χ1n) is 2.51. The van der Waals surface area contributed by atoms with E-state index in [0.717, 1.165) is 12.6 Å². The second-order valence-electron chi connectivity index (χ2n) is 1.92. The Hall–Kier alpha value is -0.910. The fraction of sp³-hybridized carbons (Fsp3) is 0.500. The van der Waals surface area contributed by atoms with Crippen LogP contribution in [0.2, 0.25) is 0 Å². The molecule has 0 aliphatic carbocycles. The van der Waals surface area contributed by atoms with Gasteiger partial charge in [0, 0.05) is 6.26 Å². The van der Waals surface area contributed by atoms with E-state index in [2.05, 4.69) is 14.7 Å². The van der Waals surface area contributed by atoms with Crippen LogP contribution in [0.3, 0.4) is 0 Å². The number of hydrogen-bond donors (Lipinski definition) is 0. The predicted molar refractivity (Wildman–Crippen MR) is 32.8 cm³/mol. The standard InChI is InChI=1S/C4H6N2O3S/c1-10(7,8)2-4-5-3-9-6-4/h3H,2H2,1H3. The number of nitrogens with zero attached hydrogens (tertiary/aromatic N) is 2. The summed E-state index contributed by atoms with van der Waals surface area (Å²) in [5.41, 5.74) is 0. The van der Waals surface area contributed by atoms with Gasteiger partial charge in [0.1, 0.15) is 5.75 Å². The Morgan fingerprint density at radius 1 is 1.70 bits per heavy atom. The van der Waals surface area contributed by atoms with Gasteiger partial charge in [-0.25, -0.2) is 8.42 Å². The number of rotatable bonds is 2. The minimum atomic E-state index is -3.03. The van der Waals surface area contributed by atoms with Gasteiger partial charge in [-0.1, -0.05) is 5.16 Å². The molecule has 0 saturated carbocycles. The molecular weight excluding hydrogens is 156 g/mol. The Kier molecular flexibility index (Phi) is 1.71. The lowest BCUT2D eigenvalue weighted by molar-refractivity contribution is 0.411. The van der Waals surface area contributed by atoms with E-state index in [-0.39, 0.29) is 11.6 Å². The molecule has 10 heavy (non-hydrogen) atoms. The molecule has 0 fully saturated rings. The van der Waals surface area contributed by atoms with Crippen LogP contribution in [0, 0.1) is 0 Å². The van der Waals surface area contributed by atoms with E-state index in [0.29, 0.717) is 0 Å². The van der Waals surface area contributed by atoms with E-state index in [4.69, 9.17) is 0 Å². The van der Waals surface area contributed by atoms with Gasteiger partial charge in [0.2, 0.25) is 6.39 Å². The molecular formula is C4H6N2O3S. The molecule has 1 heterocycles. The predicted octanol–water partition coefficient (Wildman–Crippen LogP) is -0.386. The van der Waals surface area contributed by atoms with Crippen molar-refractivity contribution in [2.45, 2.75) is 5.75 Å². The summed E-state index contributed by atoms with van der Waals surface area (Å²) in [5, 5.41) is 3.34. The largest absolute Gasteiger partial charge is 0.343 e. The van der Waals surface area contributed by atoms with Crippen LogP contribution in [0.1, 0.15) is 5.82 Å². The Morgan fingerprint density at radius 2 is 2.40 bits per heavy atom. The summed E-state index contributed by atoms with van der Waals surface area (Å²) >= 11 is 0. The van der Waals surface area contributed by atoms with Crippen LogP contribution in [0.25, 0.3) is 0 Å². The van der Waals surface area contributed by atoms with Crippen LogP contribution >= 0.6 is 0 Å². The van der Waals surface area contributed by atoms with Gasteiger partial charge in [-0.2, -0.15) is 4.98 Å². The van der Waals surface area contributed by atoms with Crippen LogP contribution in [-0.4, -0.2) is 24.8 Å². The summed E-state index contributed by atoms with van der Waals surface area (Å²) < 4.78 is 25.5. The lowest BCUT2D eigenvalue weighted by Crippen LogP contribution is -2.01. The van der Waals surface area contributed by atoms with Crippen LogP contribution in [-0.2, 0) is 15.6 Å². The average molecular weight is 162 g/mol. The third-order valence-electron chi connectivity index (χ3n) is 0.798. The lowest BCUT2D eigenvalue weighted by Gasteiger charge is -1.87. The summed E-state index contributed by atoms with van der Waals surface area (Å²) in [6, 6.07) is 0. The van der Waals surface area contributed by atoms with E-state index in [1.807, 2.05) is 0 Å². The van der Waals surface area contributed by atoms with Gasteiger partial charge < -0.3 is 4.52 Å². The Morgan fingerprint density at radius 3 is 2.80 bits per heavy atom. The SMILES string of the molecule is CS(=O)(=O)Cc1ncon1. The van der Waals surface area contributed by atoms with Gasteiger partial charge in [-0.05, 0) is 0 Å². The van der Waals surface area contributed by atoms with Crippen molar-refractivity contribution in [3.05, 3.63) is 12.2 Å². The molecule has 1 rings (SSSR count). The van der Waals surface area contributed by atoms with Crippen LogP contribution in [0.5, 0.6) is 0 Å². The molecule has 0 atom stereocenters. The molecule has 0 amide bonds. The monoisotopic (exact) mass is 162 g/mol. The maximum atomic E-state index is 10.6. The molecule has 0 radical (unpaired) electrons. The molecule has 56 valence electrons. The van der Waals surface area contributed by atoms with Gasteiger partial charge in [-0.15, -0.1) is 0 Å². The van der Waals surface area contributed by atoms with Crippen molar-refractivity contribution in [2.75, 3.05) is 6.26 Å². The van der Waals surface area contributed by atoms with Gasteiger partial charge in [-0.3, -0.25) is 0 Å². The highest BCUT2D eigenvalue weighted by Crippen LogP contribution is 1.95. The molecule has 0 N–H and O–H groups in total. The average Bonchev–Trinajstić information content (AvgIpc) is 2.12. The van der Waals surface area contributed by atoms with Crippen molar-refractivity contribution in [3.8, 4) is 0 Å². The zero-order valence-electron chi connectivity index (χ0n) is 5.31. The quantitative estimate of drug-likeness (QED) is 0.592. The fourth-order valence-electron chi connectivity index (χ4n) is 0.491. The Labute approximate surface area is 58.0 Å². The smallest absolute Gasteiger partial charge is 0.213 e. The van der Waals surface area contributed by atoms with E-state index >= 15 is 0 Å². The van der Waals surface area contributed by atoms with E-state index < -0.39 is 9.84 Å². The molecule has 0 aliphatic rings. The number of sulfone groups is 1. The molecule has 0 spiro atoms. The third kappa shape index (κ3) is 2.14. The van der Waals surface area contributed by atoms with E-state index in [9.17, 15) is 8.42 Å². The first-order valence-corrected chi connectivity index (χ1v) is 4.57. The summed E-state index contributed by atoms with van der Waals surface area (Å²) in [4.78, 5) is 3.54. The molecule has 1 aromatic heterocycles. The van der Waals surface area contributed by atoms with Crippen molar-refractivity contribution in [3.63, 3.8) is 0 Å². The van der Waals surface area contributed by atoms with E-state index in [1.165, 1.54) is 0 Å². The molecule has 0 unspecified atom stereocenters. The zero-order valence-corrected chi connectivity index (χ0v) is 6.13. The van der Waals surface area contributed by atoms with Crippen molar-refractivity contribution in [1.29, 1.82) is 0 Å². The minimum Gasteiger partial charge on any atom is -0.343 e. The maximum Gasteiger partial charge on any atom is 0.213 e. The Balaban J connectivity index is 2.75. The van der Waals surface area contributed by atoms with Crippen molar-refractivity contribution >= 4 is 9.84 Å². The fourth-order valence-corrected chi connectivity index (χ4v) is 1.09. The number of hydrogen-bond acceptors (Lipinski definition) is 5. The second-order valence-corrected chi connectivity index (χ2v) is 4.06. The van der Waals surface area contributed by atoms with Gasteiger partial charge in [0.25, 0.3) is 0 Å². The molecule has 5 nitrogen and oxygen atoms in total. The topological polar surface area (TPSA) is 73.1 Å². The molecule has 1 aromatic rings. The highest BCUT2D eigenvalue weighted by molar-refractivity contribution is 7.89. The van der Waals surface area contributed by atoms with Gasteiger partial charge >= 0.3 is 0 Å². The zero-order chi connectivity index (χ0) is 7.61. The lowest BCUT2D eigenvalue weighted by atomic mass is 10.7. The summed E-state index contributed by atoms with van der Waals surface area (Å²) in [5.74, 6) is 0.0336. The summed E-state index contributed by atoms with van der Waals surface area (Å²) in [6.07, 6.45) is 2.21. The van der Waals surface area contributed by atoms with Crippen molar-refractivity contribution in [1.82, 2.24) is 10.1 Å². The molecule has 0 saturated heterocycles. The van der Waals surface area contributed by atoms with Gasteiger partial charge in [0.05, 0.1) is 0 Å². The second kappa shape index (κ2) is 2.37. The number of aromatic nitrogens is 2. The molecule has 0 aliphatic heterocycles. The first-order chi connectivity index (χ1) is 4.58. The third-order valence-corrected chi connectivity index (χ3v) is 1.58. The van der Waals surface area contributed by atoms with Gasteiger partial charge in [0.15, 0.2) is 15.7 Å². The molecule has 0 aromatic carbocycles. The van der Waals surface area contributed by atoms with Crippen LogP contribution in [0.15, 0.2) is 10.9 Å². The van der Waals surface area contributed by atoms with Crippen molar-refractivity contribution in [2.24, 2.45) is 0 Å². The Bertz CT molecular complexity index is 288. The van der Waals surface area contributed by atoms with Crippen molar-refractivity contribution < 1.29 is 12.9 Å². The summed E-state index contributed by atoms with van der Waals surface area (Å²) in [7, 11) is -3.03. The maximum absolute atomic E-state index is 10.6. The summed E-state index contributed by atoms with van der Waals surface area (Å²) in [6.45, 7) is 0. The van der Waals surface area contributed by atoms with Crippen LogP contribution < -0.4 is 0 Å². The highest BCUT2D eigenvalue weighted by atomic mass is 32.2. The van der Waals surface area contributed by atoms with Crippen LogP contribution in [0.4, 0.5) is 0 Å².